The van der Waals surface area contributed by atoms with Gasteiger partial charge in [0.15, 0.2) is 15.0 Å². The van der Waals surface area contributed by atoms with E-state index in [2.05, 4.69) is 4.98 Å². The number of benzene rings is 2. The zero-order valence-electron chi connectivity index (χ0n) is 18.5. The number of hydrogen-bond donors (Lipinski definition) is 0. The van der Waals surface area contributed by atoms with Gasteiger partial charge in [-0.2, -0.15) is 0 Å². The van der Waals surface area contributed by atoms with Crippen LogP contribution in [0.5, 0.6) is 11.5 Å². The van der Waals surface area contributed by atoms with Crippen molar-refractivity contribution in [2.24, 2.45) is 0 Å². The van der Waals surface area contributed by atoms with E-state index in [0.717, 1.165) is 23.1 Å². The average Bonchev–Trinajstić information content (AvgIpc) is 3.50. The van der Waals surface area contributed by atoms with Gasteiger partial charge in [-0.15, -0.1) is 0 Å². The van der Waals surface area contributed by atoms with Crippen molar-refractivity contribution in [1.29, 1.82) is 0 Å². The number of thiazole rings is 1. The van der Waals surface area contributed by atoms with Crippen LogP contribution in [0.1, 0.15) is 19.3 Å². The average molecular weight is 491 g/mol. The van der Waals surface area contributed by atoms with Crippen molar-refractivity contribution in [2.75, 3.05) is 38.0 Å². The predicted molar refractivity (Wildman–Crippen MR) is 127 cm³/mol. The Kier molecular flexibility index (Phi) is 7.16. The molecular formula is C23H26N2O6S2. The maximum absolute atomic E-state index is 13.2. The molecule has 4 rings (SSSR count). The van der Waals surface area contributed by atoms with Gasteiger partial charge in [-0.3, -0.25) is 9.69 Å². The Morgan fingerprint density at radius 2 is 1.88 bits per heavy atom. The normalized spacial score (nSPS) is 16.1. The minimum atomic E-state index is -3.62. The highest BCUT2D eigenvalue weighted by Gasteiger charge is 2.27. The third-order valence-corrected chi connectivity index (χ3v) is 8.32. The third-order valence-electron chi connectivity index (χ3n) is 5.53. The summed E-state index contributed by atoms with van der Waals surface area (Å²) in [5, 5.41) is 0.528. The summed E-state index contributed by atoms with van der Waals surface area (Å²) in [4.78, 5) is 19.6. The molecule has 0 N–H and O–H groups in total. The van der Waals surface area contributed by atoms with E-state index in [0.29, 0.717) is 29.8 Å². The number of rotatable bonds is 9. The lowest BCUT2D eigenvalue weighted by molar-refractivity contribution is -0.118. The van der Waals surface area contributed by atoms with Crippen molar-refractivity contribution >= 4 is 42.4 Å². The topological polar surface area (TPSA) is 95.0 Å². The van der Waals surface area contributed by atoms with E-state index in [1.165, 1.54) is 30.6 Å². The van der Waals surface area contributed by atoms with Crippen molar-refractivity contribution in [3.8, 4) is 11.5 Å². The summed E-state index contributed by atoms with van der Waals surface area (Å²) in [7, 11) is -0.520. The zero-order chi connectivity index (χ0) is 23.4. The van der Waals surface area contributed by atoms with Crippen LogP contribution < -0.4 is 14.4 Å². The fraction of sp³-hybridized carbons (Fsp3) is 0.391. The summed E-state index contributed by atoms with van der Waals surface area (Å²) < 4.78 is 42.6. The standard InChI is InChI=1S/C23H26N2O6S2/c1-29-16-5-8-19(9-6-16)33(27,28)13-11-22(26)25(15-18-4-3-12-31-18)23-24-20-14-17(30-2)7-10-21(20)32-23/h5-10,14,18H,3-4,11-13,15H2,1-2H3. The van der Waals surface area contributed by atoms with Crippen LogP contribution in [-0.2, 0) is 19.4 Å². The maximum Gasteiger partial charge on any atom is 0.229 e. The monoisotopic (exact) mass is 490 g/mol. The predicted octanol–water partition coefficient (Wildman–Crippen LogP) is 3.69. The van der Waals surface area contributed by atoms with Crippen molar-refractivity contribution in [3.05, 3.63) is 42.5 Å². The number of hydrogen-bond acceptors (Lipinski definition) is 8. The number of ether oxygens (including phenoxy) is 3. The lowest BCUT2D eigenvalue weighted by Crippen LogP contribution is -2.38. The molecule has 1 aliphatic heterocycles. The Hall–Kier alpha value is -2.69. The Labute approximate surface area is 197 Å². The van der Waals surface area contributed by atoms with Crippen LogP contribution >= 0.6 is 11.3 Å². The van der Waals surface area contributed by atoms with E-state index < -0.39 is 9.84 Å². The number of anilines is 1. The number of carbonyl (C=O) groups excluding carboxylic acids is 1. The summed E-state index contributed by atoms with van der Waals surface area (Å²) in [6.45, 7) is 1.01. The zero-order valence-corrected chi connectivity index (χ0v) is 20.2. The molecule has 3 aromatic rings. The van der Waals surface area contributed by atoms with Gasteiger partial charge >= 0.3 is 0 Å². The SMILES string of the molecule is COc1ccc(S(=O)(=O)CCC(=O)N(CC2CCCO2)c2nc3cc(OC)ccc3s2)cc1. The van der Waals surface area contributed by atoms with E-state index in [9.17, 15) is 13.2 Å². The first-order valence-corrected chi connectivity index (χ1v) is 13.1. The van der Waals surface area contributed by atoms with E-state index in [1.54, 1.807) is 24.1 Å². The van der Waals surface area contributed by atoms with Crippen molar-refractivity contribution in [2.45, 2.75) is 30.3 Å². The molecule has 0 aliphatic carbocycles. The van der Waals surface area contributed by atoms with Crippen LogP contribution in [0.25, 0.3) is 10.2 Å². The molecule has 1 unspecified atom stereocenters. The molecule has 33 heavy (non-hydrogen) atoms. The molecule has 1 saturated heterocycles. The molecule has 1 aromatic heterocycles. The molecule has 0 radical (unpaired) electrons. The number of aromatic nitrogens is 1. The van der Waals surface area contributed by atoms with Gasteiger partial charge in [0.1, 0.15) is 11.5 Å². The van der Waals surface area contributed by atoms with Gasteiger partial charge < -0.3 is 14.2 Å². The van der Waals surface area contributed by atoms with Crippen LogP contribution in [0.3, 0.4) is 0 Å². The van der Waals surface area contributed by atoms with E-state index in [1.807, 2.05) is 18.2 Å². The number of amides is 1. The Balaban J connectivity index is 1.54. The first kappa shape index (κ1) is 23.5. The Morgan fingerprint density at radius 3 is 2.55 bits per heavy atom. The summed E-state index contributed by atoms with van der Waals surface area (Å²) in [5.41, 5.74) is 0.727. The first-order valence-electron chi connectivity index (χ1n) is 10.6. The molecule has 1 amide bonds. The van der Waals surface area contributed by atoms with Crippen molar-refractivity contribution < 1.29 is 27.4 Å². The molecule has 1 fully saturated rings. The molecule has 0 bridgehead atoms. The van der Waals surface area contributed by atoms with Crippen molar-refractivity contribution in [3.63, 3.8) is 0 Å². The van der Waals surface area contributed by atoms with Gasteiger partial charge in [-0.25, -0.2) is 13.4 Å². The highest BCUT2D eigenvalue weighted by Crippen LogP contribution is 2.32. The van der Waals surface area contributed by atoms with Gasteiger partial charge in [0, 0.05) is 19.1 Å². The van der Waals surface area contributed by atoms with Gasteiger partial charge in [0.05, 0.1) is 47.7 Å². The number of carbonyl (C=O) groups is 1. The largest absolute Gasteiger partial charge is 0.497 e. The summed E-state index contributed by atoms with van der Waals surface area (Å²) in [6, 6.07) is 11.7. The lowest BCUT2D eigenvalue weighted by Gasteiger charge is -2.23. The number of sulfone groups is 1. The summed E-state index contributed by atoms with van der Waals surface area (Å²) in [5.74, 6) is 0.662. The van der Waals surface area contributed by atoms with Gasteiger partial charge in [-0.05, 0) is 49.2 Å². The van der Waals surface area contributed by atoms with Gasteiger partial charge in [-0.1, -0.05) is 11.3 Å². The fourth-order valence-electron chi connectivity index (χ4n) is 3.67. The molecule has 0 spiro atoms. The Bertz CT molecular complexity index is 1220. The molecule has 2 aromatic carbocycles. The molecule has 0 saturated carbocycles. The molecular weight excluding hydrogens is 464 g/mol. The van der Waals surface area contributed by atoms with E-state index >= 15 is 0 Å². The van der Waals surface area contributed by atoms with Gasteiger partial charge in [0.2, 0.25) is 5.91 Å². The second-order valence-corrected chi connectivity index (χ2v) is 10.8. The highest BCUT2D eigenvalue weighted by molar-refractivity contribution is 7.91. The molecule has 8 nitrogen and oxygen atoms in total. The fourth-order valence-corrected chi connectivity index (χ4v) is 5.88. The van der Waals surface area contributed by atoms with Crippen LogP contribution in [-0.4, -0.2) is 58.5 Å². The minimum Gasteiger partial charge on any atom is -0.497 e. The quantitative estimate of drug-likeness (QED) is 0.451. The van der Waals surface area contributed by atoms with Crippen molar-refractivity contribution in [1.82, 2.24) is 4.98 Å². The number of nitrogens with zero attached hydrogens (tertiary/aromatic N) is 2. The number of fused-ring (bicyclic) bond motifs is 1. The van der Waals surface area contributed by atoms with Crippen LogP contribution in [0, 0.1) is 0 Å². The summed E-state index contributed by atoms with van der Waals surface area (Å²) in [6.07, 6.45) is 1.55. The molecule has 176 valence electrons. The third kappa shape index (κ3) is 5.45. The van der Waals surface area contributed by atoms with Gasteiger partial charge in [0.25, 0.3) is 0 Å². The van der Waals surface area contributed by atoms with Crippen LogP contribution in [0.2, 0.25) is 0 Å². The highest BCUT2D eigenvalue weighted by atomic mass is 32.2. The molecule has 1 aliphatic rings. The molecule has 2 heterocycles. The second kappa shape index (κ2) is 10.1. The lowest BCUT2D eigenvalue weighted by atomic mass is 10.2. The number of methoxy groups -OCH3 is 2. The van der Waals surface area contributed by atoms with Crippen LogP contribution in [0.15, 0.2) is 47.4 Å². The summed E-state index contributed by atoms with van der Waals surface area (Å²) >= 11 is 1.39. The minimum absolute atomic E-state index is 0.0892. The van der Waals surface area contributed by atoms with E-state index in [-0.39, 0.29) is 29.1 Å². The molecule has 10 heteroatoms. The molecule has 1 atom stereocenters. The first-order chi connectivity index (χ1) is 15.9. The van der Waals surface area contributed by atoms with E-state index in [4.69, 9.17) is 14.2 Å². The Morgan fingerprint density at radius 1 is 1.15 bits per heavy atom. The second-order valence-electron chi connectivity index (χ2n) is 7.71. The maximum atomic E-state index is 13.2. The van der Waals surface area contributed by atoms with Crippen LogP contribution in [0.4, 0.5) is 5.13 Å². The smallest absolute Gasteiger partial charge is 0.229 e.